The molecule has 94 valence electrons. The standard InChI is InChI=1S/C18H12N2/c19-17-15-8-4-3-7-13(15)14-10-9-11-5-1-2-6-12(11)16(14)18(17)20/h1-10,19-20H. The molecule has 0 saturated carbocycles. The molecule has 0 unspecified atom stereocenters. The zero-order valence-electron chi connectivity index (χ0n) is 10.8. The van der Waals surface area contributed by atoms with Crippen molar-refractivity contribution in [2.75, 3.05) is 0 Å². The van der Waals surface area contributed by atoms with Crippen molar-refractivity contribution in [3.8, 4) is 11.1 Å². The van der Waals surface area contributed by atoms with E-state index in [1.165, 1.54) is 0 Å². The highest BCUT2D eigenvalue weighted by Crippen LogP contribution is 2.37. The lowest BCUT2D eigenvalue weighted by Gasteiger charge is -2.22. The van der Waals surface area contributed by atoms with Crippen LogP contribution in [0.25, 0.3) is 21.9 Å². The summed E-state index contributed by atoms with van der Waals surface area (Å²) in [7, 11) is 0. The Labute approximate surface area is 116 Å². The van der Waals surface area contributed by atoms with Gasteiger partial charge in [0, 0.05) is 11.1 Å². The first kappa shape index (κ1) is 11.1. The molecule has 0 amide bonds. The molecule has 0 radical (unpaired) electrons. The maximum absolute atomic E-state index is 8.36. The highest BCUT2D eigenvalue weighted by molar-refractivity contribution is 6.56. The molecule has 1 aliphatic carbocycles. The Hall–Kier alpha value is -2.74. The van der Waals surface area contributed by atoms with E-state index in [1.807, 2.05) is 48.5 Å². The quantitative estimate of drug-likeness (QED) is 0.604. The molecule has 0 saturated heterocycles. The summed E-state index contributed by atoms with van der Waals surface area (Å²) in [4.78, 5) is 0. The van der Waals surface area contributed by atoms with Crippen molar-refractivity contribution in [2.45, 2.75) is 0 Å². The minimum absolute atomic E-state index is 0.310. The molecular formula is C18H12N2. The Balaban J connectivity index is 2.19. The summed E-state index contributed by atoms with van der Waals surface area (Å²) in [6, 6.07) is 20.1. The fraction of sp³-hybridized carbons (Fsp3) is 0. The number of hydrogen-bond donors (Lipinski definition) is 2. The molecule has 0 heterocycles. The largest absolute Gasteiger partial charge is 0.298 e. The normalized spacial score (nSPS) is 13.2. The maximum atomic E-state index is 8.36. The van der Waals surface area contributed by atoms with E-state index >= 15 is 0 Å². The smallest absolute Gasteiger partial charge is 0.0880 e. The average molecular weight is 256 g/mol. The molecule has 0 aromatic heterocycles. The predicted molar refractivity (Wildman–Crippen MR) is 83.0 cm³/mol. The highest BCUT2D eigenvalue weighted by atomic mass is 14.6. The average Bonchev–Trinajstić information content (AvgIpc) is 2.51. The van der Waals surface area contributed by atoms with Gasteiger partial charge in [-0.05, 0) is 21.9 Å². The molecule has 0 spiro atoms. The van der Waals surface area contributed by atoms with Gasteiger partial charge < -0.3 is 0 Å². The summed E-state index contributed by atoms with van der Waals surface area (Å²) in [5.41, 5.74) is 4.46. The minimum atomic E-state index is 0.310. The Bertz CT molecular complexity index is 891. The molecule has 1 aliphatic rings. The Kier molecular flexibility index (Phi) is 2.15. The van der Waals surface area contributed by atoms with Crippen molar-refractivity contribution in [3.05, 3.63) is 71.8 Å². The molecule has 20 heavy (non-hydrogen) atoms. The van der Waals surface area contributed by atoms with Crippen LogP contribution in [0, 0.1) is 10.8 Å². The first-order valence-corrected chi connectivity index (χ1v) is 6.57. The van der Waals surface area contributed by atoms with Crippen LogP contribution in [-0.2, 0) is 0 Å². The van der Waals surface area contributed by atoms with Crippen LogP contribution in [0.15, 0.2) is 60.7 Å². The van der Waals surface area contributed by atoms with Gasteiger partial charge in [-0.1, -0.05) is 60.7 Å². The first-order chi connectivity index (χ1) is 9.77. The summed E-state index contributed by atoms with van der Waals surface area (Å²) in [5.74, 6) is 0. The predicted octanol–water partition coefficient (Wildman–Crippen LogP) is 4.26. The van der Waals surface area contributed by atoms with Gasteiger partial charge >= 0.3 is 0 Å². The van der Waals surface area contributed by atoms with Gasteiger partial charge in [0.05, 0.1) is 11.4 Å². The van der Waals surface area contributed by atoms with Gasteiger partial charge in [0.15, 0.2) is 0 Å². The lowest BCUT2D eigenvalue weighted by molar-refractivity contribution is 1.43. The number of nitrogens with one attached hydrogen (secondary N) is 2. The molecule has 0 atom stereocenters. The van der Waals surface area contributed by atoms with E-state index in [2.05, 4.69) is 12.1 Å². The van der Waals surface area contributed by atoms with Crippen LogP contribution in [0.1, 0.15) is 11.1 Å². The van der Waals surface area contributed by atoms with Gasteiger partial charge in [0.2, 0.25) is 0 Å². The van der Waals surface area contributed by atoms with E-state index in [0.29, 0.717) is 11.4 Å². The van der Waals surface area contributed by atoms with Crippen LogP contribution in [0.3, 0.4) is 0 Å². The van der Waals surface area contributed by atoms with Crippen LogP contribution >= 0.6 is 0 Å². The third kappa shape index (κ3) is 1.33. The van der Waals surface area contributed by atoms with Crippen molar-refractivity contribution in [2.24, 2.45) is 0 Å². The van der Waals surface area contributed by atoms with E-state index in [4.69, 9.17) is 10.8 Å². The fourth-order valence-corrected chi connectivity index (χ4v) is 2.96. The zero-order valence-corrected chi connectivity index (χ0v) is 10.8. The summed E-state index contributed by atoms with van der Waals surface area (Å²) in [5, 5.41) is 18.8. The van der Waals surface area contributed by atoms with Crippen LogP contribution in [0.5, 0.6) is 0 Å². The van der Waals surface area contributed by atoms with Gasteiger partial charge in [-0.15, -0.1) is 0 Å². The lowest BCUT2D eigenvalue weighted by atomic mass is 9.81. The number of benzene rings is 3. The van der Waals surface area contributed by atoms with E-state index in [1.54, 1.807) is 0 Å². The Morgan fingerprint density at radius 1 is 0.550 bits per heavy atom. The van der Waals surface area contributed by atoms with Crippen LogP contribution in [0.2, 0.25) is 0 Å². The molecule has 0 fully saturated rings. The summed E-state index contributed by atoms with van der Waals surface area (Å²) >= 11 is 0. The molecular weight excluding hydrogens is 244 g/mol. The van der Waals surface area contributed by atoms with Gasteiger partial charge in [0.1, 0.15) is 0 Å². The molecule has 2 N–H and O–H groups in total. The third-order valence-corrected chi connectivity index (χ3v) is 3.92. The van der Waals surface area contributed by atoms with Crippen molar-refractivity contribution in [3.63, 3.8) is 0 Å². The molecule has 3 aromatic rings. The van der Waals surface area contributed by atoms with Crippen molar-refractivity contribution in [1.82, 2.24) is 0 Å². The maximum Gasteiger partial charge on any atom is 0.0880 e. The van der Waals surface area contributed by atoms with Gasteiger partial charge in [-0.25, -0.2) is 0 Å². The van der Waals surface area contributed by atoms with Crippen LogP contribution in [-0.4, -0.2) is 11.4 Å². The molecule has 3 aromatic carbocycles. The lowest BCUT2D eigenvalue weighted by Crippen LogP contribution is -2.21. The minimum Gasteiger partial charge on any atom is -0.298 e. The van der Waals surface area contributed by atoms with Gasteiger partial charge in [0.25, 0.3) is 0 Å². The van der Waals surface area contributed by atoms with E-state index in [-0.39, 0.29) is 0 Å². The summed E-state index contributed by atoms with van der Waals surface area (Å²) in [6.45, 7) is 0. The number of fused-ring (bicyclic) bond motifs is 5. The number of hydrogen-bond acceptors (Lipinski definition) is 2. The topological polar surface area (TPSA) is 47.7 Å². The molecule has 2 nitrogen and oxygen atoms in total. The number of rotatable bonds is 0. The summed E-state index contributed by atoms with van der Waals surface area (Å²) in [6.07, 6.45) is 0. The SMILES string of the molecule is N=C1C(=N)c2c(ccc3ccccc23)-c2ccccc21. The third-order valence-electron chi connectivity index (χ3n) is 3.92. The highest BCUT2D eigenvalue weighted by Gasteiger charge is 2.25. The Morgan fingerprint density at radius 3 is 2.10 bits per heavy atom. The monoisotopic (exact) mass is 256 g/mol. The van der Waals surface area contributed by atoms with Crippen LogP contribution in [0.4, 0.5) is 0 Å². The first-order valence-electron chi connectivity index (χ1n) is 6.57. The zero-order chi connectivity index (χ0) is 13.7. The molecule has 0 aliphatic heterocycles. The van der Waals surface area contributed by atoms with E-state index < -0.39 is 0 Å². The van der Waals surface area contributed by atoms with E-state index in [0.717, 1.165) is 33.0 Å². The Morgan fingerprint density at radius 2 is 1.25 bits per heavy atom. The second-order valence-electron chi connectivity index (χ2n) is 5.00. The second kappa shape index (κ2) is 3.87. The molecule has 0 bridgehead atoms. The fourth-order valence-electron chi connectivity index (χ4n) is 2.96. The van der Waals surface area contributed by atoms with Crippen molar-refractivity contribution in [1.29, 1.82) is 10.8 Å². The van der Waals surface area contributed by atoms with Crippen molar-refractivity contribution < 1.29 is 0 Å². The molecule has 4 rings (SSSR count). The summed E-state index contributed by atoms with van der Waals surface area (Å²) < 4.78 is 0. The second-order valence-corrected chi connectivity index (χ2v) is 5.00. The van der Waals surface area contributed by atoms with Gasteiger partial charge in [-0.2, -0.15) is 0 Å². The molecule has 2 heteroatoms. The van der Waals surface area contributed by atoms with Crippen LogP contribution < -0.4 is 0 Å². The van der Waals surface area contributed by atoms with Gasteiger partial charge in [-0.3, -0.25) is 10.8 Å². The van der Waals surface area contributed by atoms with E-state index in [9.17, 15) is 0 Å². The van der Waals surface area contributed by atoms with Crippen molar-refractivity contribution >= 4 is 22.2 Å².